The summed E-state index contributed by atoms with van der Waals surface area (Å²) in [6.45, 7) is 15.9. The summed E-state index contributed by atoms with van der Waals surface area (Å²) >= 11 is 0. The first-order valence-corrected chi connectivity index (χ1v) is 24.4. The van der Waals surface area contributed by atoms with Crippen LogP contribution in [0.5, 0.6) is 0 Å². The number of carbonyl (C=O) groups excluding carboxylic acids is 9. The van der Waals surface area contributed by atoms with Crippen molar-refractivity contribution in [2.75, 3.05) is 13.2 Å². The third kappa shape index (κ3) is 26.6. The molecule has 27 heteroatoms. The Hall–Kier alpha value is -6.64. The van der Waals surface area contributed by atoms with E-state index in [0.29, 0.717) is 6.42 Å². The summed E-state index contributed by atoms with van der Waals surface area (Å²) in [6.07, 6.45) is -1.59. The summed E-state index contributed by atoms with van der Waals surface area (Å²) in [7, 11) is 0. The number of carboxylic acid groups (broad SMARTS) is 2. The zero-order chi connectivity index (χ0) is 56.4. The minimum atomic E-state index is -1.81. The van der Waals surface area contributed by atoms with Gasteiger partial charge in [-0.2, -0.15) is 0 Å². The van der Waals surface area contributed by atoms with Crippen LogP contribution in [0, 0.1) is 29.6 Å². The van der Waals surface area contributed by atoms with Crippen LogP contribution < -0.4 is 65.5 Å². The Balaban J connectivity index is 6.71. The van der Waals surface area contributed by atoms with E-state index < -0.39 is 157 Å². The molecule has 27 nitrogen and oxygen atoms in total. The summed E-state index contributed by atoms with van der Waals surface area (Å²) in [5.41, 5.74) is 22.3. The molecule has 73 heavy (non-hydrogen) atoms. The molecule has 0 aromatic rings. The van der Waals surface area contributed by atoms with E-state index in [4.69, 9.17) is 22.9 Å². The lowest BCUT2D eigenvalue weighted by Gasteiger charge is -2.29. The molecule has 0 aromatic heterocycles. The second kappa shape index (κ2) is 33.2. The molecular formula is C46H83N13O14. The quantitative estimate of drug-likeness (QED) is 0.0166. The number of primary amides is 1. The highest BCUT2D eigenvalue weighted by Gasteiger charge is 2.37. The van der Waals surface area contributed by atoms with Gasteiger partial charge in [0.15, 0.2) is 5.96 Å². The van der Waals surface area contributed by atoms with E-state index in [1.165, 1.54) is 27.7 Å². The first kappa shape index (κ1) is 66.4. The van der Waals surface area contributed by atoms with E-state index in [9.17, 15) is 68.1 Å². The molecule has 0 aliphatic heterocycles. The van der Waals surface area contributed by atoms with Crippen molar-refractivity contribution >= 4 is 71.1 Å². The average Bonchev–Trinajstić information content (AvgIpc) is 3.26. The first-order valence-electron chi connectivity index (χ1n) is 24.4. The molecule has 9 amide bonds. The standard InChI is InChI=1S/C46H83N13O14/c1-21(2)16-26(47)37(64)54-29(17-22(3)4)41(68)55-30(18-23(5)6)40(67)53-28(13-14-34(62)63)39(66)58-35(24(7)8)44(71)56-31(19-33(48)61)42(69)52-27(12-11-15-51-46(49)50)38(65)57-32(20-60)43(70)59-36(25(9)10)45(72)73/h21-32,35-36,60H,11-20,47H2,1-10H3,(H2,48,61)(H,52,69)(H,53,67)(H,54,64)(H,55,68)(H,56,71)(H,57,65)(H,58,66)(H,59,70)(H,62,63)(H,72,73)(H4,49,50,51)/t26-,27-,28-,29-,30-,31-,32-,35-,36-/m0/s1. The van der Waals surface area contributed by atoms with Gasteiger partial charge in [-0.05, 0) is 68.1 Å². The summed E-state index contributed by atoms with van der Waals surface area (Å²) < 4.78 is 0. The molecule has 9 atom stereocenters. The van der Waals surface area contributed by atoms with Gasteiger partial charge in [0.05, 0.1) is 19.1 Å². The fourth-order valence-corrected chi connectivity index (χ4v) is 7.12. The Bertz CT molecular complexity index is 1930. The smallest absolute Gasteiger partial charge is 0.326 e. The number of carboxylic acids is 2. The first-order chi connectivity index (χ1) is 33.8. The molecule has 0 bridgehead atoms. The Morgan fingerprint density at radius 3 is 1.27 bits per heavy atom. The normalized spacial score (nSPS) is 15.0. The summed E-state index contributed by atoms with van der Waals surface area (Å²) in [6, 6.07) is -12.9. The third-order valence-electron chi connectivity index (χ3n) is 10.9. The van der Waals surface area contributed by atoms with Crippen molar-refractivity contribution in [3.05, 3.63) is 0 Å². The van der Waals surface area contributed by atoms with Crippen LogP contribution in [0.15, 0.2) is 4.99 Å². The molecule has 0 fully saturated rings. The number of aliphatic imine (C=N–C) groups is 1. The lowest BCUT2D eigenvalue weighted by molar-refractivity contribution is -0.144. The average molecular weight is 1040 g/mol. The summed E-state index contributed by atoms with van der Waals surface area (Å²) in [4.78, 5) is 149. The zero-order valence-electron chi connectivity index (χ0n) is 43.7. The van der Waals surface area contributed by atoms with Crippen molar-refractivity contribution in [3.63, 3.8) is 0 Å². The second-order valence-corrected chi connectivity index (χ2v) is 19.9. The minimum Gasteiger partial charge on any atom is -0.481 e. The lowest BCUT2D eigenvalue weighted by atomic mass is 9.98. The summed E-state index contributed by atoms with van der Waals surface area (Å²) in [5.74, 6) is -13.2. The predicted octanol–water partition coefficient (Wildman–Crippen LogP) is -3.49. The topological polar surface area (TPSA) is 461 Å². The number of nitrogens with two attached hydrogens (primary N) is 4. The predicted molar refractivity (Wildman–Crippen MR) is 267 cm³/mol. The molecular weight excluding hydrogens is 959 g/mol. The number of guanidine groups is 1. The van der Waals surface area contributed by atoms with Crippen LogP contribution in [-0.4, -0.2) is 154 Å². The second-order valence-electron chi connectivity index (χ2n) is 19.9. The number of nitrogens with zero attached hydrogens (tertiary/aromatic N) is 1. The zero-order valence-corrected chi connectivity index (χ0v) is 43.7. The van der Waals surface area contributed by atoms with Gasteiger partial charge in [0, 0.05) is 13.0 Å². The van der Waals surface area contributed by atoms with Crippen LogP contribution in [-0.2, 0) is 52.7 Å². The Kier molecular flexibility index (Phi) is 30.1. The number of nitrogens with one attached hydrogen (secondary N) is 8. The van der Waals surface area contributed by atoms with E-state index in [2.05, 4.69) is 47.5 Å². The molecule has 416 valence electrons. The van der Waals surface area contributed by atoms with Gasteiger partial charge < -0.3 is 80.8 Å². The molecule has 0 unspecified atom stereocenters. The molecule has 0 rings (SSSR count). The summed E-state index contributed by atoms with van der Waals surface area (Å²) in [5, 5.41) is 48.5. The number of amides is 9. The number of aliphatic hydroxyl groups is 1. The number of aliphatic hydroxyl groups excluding tert-OH is 1. The minimum absolute atomic E-state index is 0.0315. The van der Waals surface area contributed by atoms with Gasteiger partial charge >= 0.3 is 11.9 Å². The van der Waals surface area contributed by atoms with Gasteiger partial charge in [-0.25, -0.2) is 4.79 Å². The number of hydrogen-bond acceptors (Lipinski definition) is 14. The van der Waals surface area contributed by atoms with Crippen LogP contribution in [0.1, 0.15) is 121 Å². The van der Waals surface area contributed by atoms with Crippen molar-refractivity contribution < 1.29 is 68.1 Å². The Morgan fingerprint density at radius 2 is 0.849 bits per heavy atom. The molecule has 0 saturated carbocycles. The van der Waals surface area contributed by atoms with Crippen molar-refractivity contribution in [1.29, 1.82) is 0 Å². The van der Waals surface area contributed by atoms with E-state index in [1.54, 1.807) is 13.8 Å². The van der Waals surface area contributed by atoms with Gasteiger partial charge in [0.25, 0.3) is 0 Å². The van der Waals surface area contributed by atoms with E-state index >= 15 is 0 Å². The van der Waals surface area contributed by atoms with Gasteiger partial charge in [-0.3, -0.25) is 52.9 Å². The van der Waals surface area contributed by atoms with Crippen molar-refractivity contribution in [1.82, 2.24) is 42.5 Å². The van der Waals surface area contributed by atoms with Crippen LogP contribution in [0.4, 0.5) is 0 Å². The fraction of sp³-hybridized carbons (Fsp3) is 0.739. The van der Waals surface area contributed by atoms with E-state index in [1.807, 2.05) is 27.7 Å². The largest absolute Gasteiger partial charge is 0.481 e. The van der Waals surface area contributed by atoms with Crippen molar-refractivity contribution in [2.45, 2.75) is 175 Å². The highest BCUT2D eigenvalue weighted by molar-refractivity contribution is 5.99. The lowest BCUT2D eigenvalue weighted by Crippen LogP contribution is -2.61. The monoisotopic (exact) mass is 1040 g/mol. The van der Waals surface area contributed by atoms with Crippen LogP contribution >= 0.6 is 0 Å². The van der Waals surface area contributed by atoms with Crippen molar-refractivity contribution in [3.8, 4) is 0 Å². The van der Waals surface area contributed by atoms with Gasteiger partial charge in [-0.15, -0.1) is 0 Å². The fourth-order valence-electron chi connectivity index (χ4n) is 7.12. The number of hydrogen-bond donors (Lipinski definition) is 15. The molecule has 0 spiro atoms. The third-order valence-corrected chi connectivity index (χ3v) is 10.9. The SMILES string of the molecule is CC(C)C[C@H](NC(=O)[C@H](CC(C)C)NC(=O)[C@@H](N)CC(C)C)C(=O)N[C@@H](CCC(=O)O)C(=O)N[C@H](C(=O)N[C@@H](CC(N)=O)C(=O)N[C@@H](CCCN=C(N)N)C(=O)N[C@@H](CO)C(=O)N[C@H](C(=O)O)C(C)C)C(C)C. The van der Waals surface area contributed by atoms with Gasteiger partial charge in [0.2, 0.25) is 53.2 Å². The molecule has 0 aromatic carbocycles. The maximum Gasteiger partial charge on any atom is 0.326 e. The molecule has 0 radical (unpaired) electrons. The maximum absolute atomic E-state index is 14.0. The van der Waals surface area contributed by atoms with Gasteiger partial charge in [-0.1, -0.05) is 69.2 Å². The number of aliphatic carboxylic acids is 2. The van der Waals surface area contributed by atoms with Crippen molar-refractivity contribution in [2.24, 2.45) is 57.5 Å². The number of rotatable bonds is 35. The molecule has 0 heterocycles. The molecule has 19 N–H and O–H groups in total. The van der Waals surface area contributed by atoms with Gasteiger partial charge in [0.1, 0.15) is 48.3 Å². The highest BCUT2D eigenvalue weighted by atomic mass is 16.4. The molecule has 0 aliphatic carbocycles. The maximum atomic E-state index is 14.0. The van der Waals surface area contributed by atoms with E-state index in [-0.39, 0.29) is 55.9 Å². The van der Waals surface area contributed by atoms with Crippen LogP contribution in [0.2, 0.25) is 0 Å². The Labute approximate surface area is 426 Å². The van der Waals surface area contributed by atoms with Crippen LogP contribution in [0.25, 0.3) is 0 Å². The molecule has 0 saturated heterocycles. The Morgan fingerprint density at radius 1 is 0.466 bits per heavy atom. The number of carbonyl (C=O) groups is 11. The van der Waals surface area contributed by atoms with Crippen LogP contribution in [0.3, 0.4) is 0 Å². The van der Waals surface area contributed by atoms with E-state index in [0.717, 1.165) is 0 Å². The highest BCUT2D eigenvalue weighted by Crippen LogP contribution is 2.13. The molecule has 0 aliphatic rings.